The first kappa shape index (κ1) is 13.9. The summed E-state index contributed by atoms with van der Waals surface area (Å²) in [4.78, 5) is 0. The first-order valence-corrected chi connectivity index (χ1v) is 7.76. The van der Waals surface area contributed by atoms with Crippen LogP contribution in [0.3, 0.4) is 0 Å². The van der Waals surface area contributed by atoms with E-state index >= 15 is 0 Å². The van der Waals surface area contributed by atoms with Gasteiger partial charge in [-0.05, 0) is 59.9 Å². The van der Waals surface area contributed by atoms with Crippen molar-refractivity contribution >= 4 is 5.57 Å². The molecule has 21 heavy (non-hydrogen) atoms. The van der Waals surface area contributed by atoms with Crippen molar-refractivity contribution in [3.8, 4) is 11.1 Å². The molecule has 0 amide bonds. The van der Waals surface area contributed by atoms with Gasteiger partial charge in [0.25, 0.3) is 0 Å². The fourth-order valence-corrected chi connectivity index (χ4v) is 3.14. The molecule has 0 saturated carbocycles. The third-order valence-electron chi connectivity index (χ3n) is 4.47. The molecule has 2 aromatic rings. The maximum atomic E-state index is 3.91. The normalized spacial score (nSPS) is 18.1. The molecule has 1 atom stereocenters. The maximum absolute atomic E-state index is 3.91. The summed E-state index contributed by atoms with van der Waals surface area (Å²) in [6, 6.07) is 17.5. The Bertz CT molecular complexity index is 662. The minimum atomic E-state index is 0.665. The molecule has 0 fully saturated rings. The van der Waals surface area contributed by atoms with Gasteiger partial charge in [0.1, 0.15) is 0 Å². The van der Waals surface area contributed by atoms with Crippen LogP contribution in [0.2, 0.25) is 0 Å². The lowest BCUT2D eigenvalue weighted by Crippen LogP contribution is -2.02. The smallest absolute Gasteiger partial charge is 0.0154 e. The lowest BCUT2D eigenvalue weighted by molar-refractivity contribution is 0.593. The predicted octanol–water partition coefficient (Wildman–Crippen LogP) is 6.03. The van der Waals surface area contributed by atoms with E-state index in [1.807, 2.05) is 0 Å². The summed E-state index contributed by atoms with van der Waals surface area (Å²) in [6.07, 6.45) is 8.03. The number of hydrogen-bond acceptors (Lipinski definition) is 0. The van der Waals surface area contributed by atoms with Gasteiger partial charge in [-0.1, -0.05) is 60.7 Å². The second-order valence-electron chi connectivity index (χ2n) is 5.90. The Labute approximate surface area is 127 Å². The molecule has 1 aliphatic rings. The maximum Gasteiger partial charge on any atom is -0.0154 e. The van der Waals surface area contributed by atoms with Gasteiger partial charge in [-0.2, -0.15) is 0 Å². The van der Waals surface area contributed by atoms with E-state index < -0.39 is 0 Å². The largest absolute Gasteiger partial charge is 0.103 e. The minimum Gasteiger partial charge on any atom is -0.103 e. The highest BCUT2D eigenvalue weighted by molar-refractivity contribution is 5.73. The number of allylic oxidation sites excluding steroid dienone is 3. The standard InChI is InChI=1S/C21H22/c1-3-17-9-11-18(12-10-17)20-13-14-21(16(2)15-20)19-7-5-4-6-8-19/h3-8,11,13-15,17H,1,9-10,12H2,2H3. The number of hydrogen-bond donors (Lipinski definition) is 0. The van der Waals surface area contributed by atoms with Crippen molar-refractivity contribution in [3.05, 3.63) is 78.4 Å². The van der Waals surface area contributed by atoms with Gasteiger partial charge < -0.3 is 0 Å². The summed E-state index contributed by atoms with van der Waals surface area (Å²) in [5.41, 5.74) is 6.86. The van der Waals surface area contributed by atoms with Crippen LogP contribution in [0.15, 0.2) is 67.3 Å². The number of rotatable bonds is 3. The highest BCUT2D eigenvalue weighted by Gasteiger charge is 2.13. The minimum absolute atomic E-state index is 0.665. The number of aryl methyl sites for hydroxylation is 1. The molecule has 0 N–H and O–H groups in total. The Hall–Kier alpha value is -2.08. The summed E-state index contributed by atoms with van der Waals surface area (Å²) in [5, 5.41) is 0. The van der Waals surface area contributed by atoms with Gasteiger partial charge in [0, 0.05) is 0 Å². The fraction of sp³-hybridized carbons (Fsp3) is 0.238. The highest BCUT2D eigenvalue weighted by Crippen LogP contribution is 2.33. The average Bonchev–Trinajstić information content (AvgIpc) is 2.55. The molecular weight excluding hydrogens is 252 g/mol. The molecule has 2 aromatic carbocycles. The van der Waals surface area contributed by atoms with E-state index in [9.17, 15) is 0 Å². The second kappa shape index (κ2) is 6.13. The molecule has 106 valence electrons. The summed E-state index contributed by atoms with van der Waals surface area (Å²) in [6.45, 7) is 6.12. The van der Waals surface area contributed by atoms with Crippen molar-refractivity contribution in [1.82, 2.24) is 0 Å². The van der Waals surface area contributed by atoms with Crippen molar-refractivity contribution in [2.24, 2.45) is 5.92 Å². The lowest BCUT2D eigenvalue weighted by Gasteiger charge is -2.20. The van der Waals surface area contributed by atoms with Gasteiger partial charge >= 0.3 is 0 Å². The van der Waals surface area contributed by atoms with Crippen molar-refractivity contribution in [2.75, 3.05) is 0 Å². The van der Waals surface area contributed by atoms with E-state index in [0.29, 0.717) is 5.92 Å². The van der Waals surface area contributed by atoms with E-state index in [1.165, 1.54) is 40.7 Å². The zero-order chi connectivity index (χ0) is 14.7. The van der Waals surface area contributed by atoms with Gasteiger partial charge in [-0.15, -0.1) is 6.58 Å². The molecule has 0 aliphatic heterocycles. The molecular formula is C21H22. The van der Waals surface area contributed by atoms with Crippen LogP contribution < -0.4 is 0 Å². The Morgan fingerprint density at radius 1 is 1.05 bits per heavy atom. The van der Waals surface area contributed by atoms with Crippen molar-refractivity contribution in [3.63, 3.8) is 0 Å². The van der Waals surface area contributed by atoms with Crippen molar-refractivity contribution < 1.29 is 0 Å². The van der Waals surface area contributed by atoms with Crippen molar-refractivity contribution in [2.45, 2.75) is 26.2 Å². The summed E-state index contributed by atoms with van der Waals surface area (Å²) in [7, 11) is 0. The van der Waals surface area contributed by atoms with Crippen LogP contribution in [-0.4, -0.2) is 0 Å². The van der Waals surface area contributed by atoms with Crippen LogP contribution in [0.5, 0.6) is 0 Å². The predicted molar refractivity (Wildman–Crippen MR) is 92.1 cm³/mol. The molecule has 0 radical (unpaired) electrons. The number of benzene rings is 2. The van der Waals surface area contributed by atoms with E-state index in [4.69, 9.17) is 0 Å². The van der Waals surface area contributed by atoms with E-state index in [-0.39, 0.29) is 0 Å². The Balaban J connectivity index is 1.89. The van der Waals surface area contributed by atoms with Crippen LogP contribution in [0.1, 0.15) is 30.4 Å². The topological polar surface area (TPSA) is 0 Å². The summed E-state index contributed by atoms with van der Waals surface area (Å²) in [5.74, 6) is 0.665. The Morgan fingerprint density at radius 2 is 1.86 bits per heavy atom. The molecule has 0 heterocycles. The molecule has 0 spiro atoms. The zero-order valence-corrected chi connectivity index (χ0v) is 12.7. The molecule has 0 heteroatoms. The zero-order valence-electron chi connectivity index (χ0n) is 12.7. The summed E-state index contributed by atoms with van der Waals surface area (Å²) < 4.78 is 0. The second-order valence-corrected chi connectivity index (χ2v) is 5.90. The van der Waals surface area contributed by atoms with Gasteiger partial charge in [0.15, 0.2) is 0 Å². The third kappa shape index (κ3) is 3.00. The van der Waals surface area contributed by atoms with Gasteiger partial charge in [0.05, 0.1) is 0 Å². The van der Waals surface area contributed by atoms with Gasteiger partial charge in [0.2, 0.25) is 0 Å². The molecule has 0 aromatic heterocycles. The van der Waals surface area contributed by atoms with Crippen LogP contribution in [-0.2, 0) is 0 Å². The molecule has 0 nitrogen and oxygen atoms in total. The van der Waals surface area contributed by atoms with E-state index in [2.05, 4.69) is 74.2 Å². The van der Waals surface area contributed by atoms with Gasteiger partial charge in [-0.3, -0.25) is 0 Å². The molecule has 1 unspecified atom stereocenters. The van der Waals surface area contributed by atoms with Crippen LogP contribution in [0.25, 0.3) is 16.7 Å². The Kier molecular flexibility index (Phi) is 4.06. The highest BCUT2D eigenvalue weighted by atomic mass is 14.2. The van der Waals surface area contributed by atoms with Gasteiger partial charge in [-0.25, -0.2) is 0 Å². The lowest BCUT2D eigenvalue weighted by atomic mass is 9.85. The molecule has 3 rings (SSSR count). The SMILES string of the molecule is C=CC1CC=C(c2ccc(-c3ccccc3)c(C)c2)CC1. The monoisotopic (exact) mass is 274 g/mol. The molecule has 0 saturated heterocycles. The van der Waals surface area contributed by atoms with Crippen LogP contribution in [0.4, 0.5) is 0 Å². The quantitative estimate of drug-likeness (QED) is 0.599. The van der Waals surface area contributed by atoms with Crippen LogP contribution >= 0.6 is 0 Å². The first-order chi connectivity index (χ1) is 10.3. The first-order valence-electron chi connectivity index (χ1n) is 7.76. The molecule has 1 aliphatic carbocycles. The van der Waals surface area contributed by atoms with E-state index in [0.717, 1.165) is 6.42 Å². The van der Waals surface area contributed by atoms with E-state index in [1.54, 1.807) is 0 Å². The molecule has 0 bridgehead atoms. The van der Waals surface area contributed by atoms with Crippen LogP contribution in [0, 0.1) is 12.8 Å². The van der Waals surface area contributed by atoms with Crippen molar-refractivity contribution in [1.29, 1.82) is 0 Å². The average molecular weight is 274 g/mol. The summed E-state index contributed by atoms with van der Waals surface area (Å²) >= 11 is 0. The fourth-order valence-electron chi connectivity index (χ4n) is 3.14. The third-order valence-corrected chi connectivity index (χ3v) is 4.47. The Morgan fingerprint density at radius 3 is 2.48 bits per heavy atom.